The van der Waals surface area contributed by atoms with Crippen LogP contribution in [0.1, 0.15) is 25.6 Å². The highest BCUT2D eigenvalue weighted by Gasteiger charge is 2.29. The summed E-state index contributed by atoms with van der Waals surface area (Å²) < 4.78 is 32.1. The minimum Gasteiger partial charge on any atom is -0.383 e. The molecule has 0 unspecified atom stereocenters. The molecule has 0 radical (unpaired) electrons. The number of thiophene rings is 1. The van der Waals surface area contributed by atoms with E-state index in [1.807, 2.05) is 26.2 Å². The molecule has 0 spiro atoms. The van der Waals surface area contributed by atoms with Crippen LogP contribution in [0.15, 0.2) is 16.3 Å². The number of nitrogens with one attached hydrogen (secondary N) is 1. The Bertz CT molecular complexity index is 497. The second kappa shape index (κ2) is 8.09. The Morgan fingerprint density at radius 3 is 2.70 bits per heavy atom. The number of rotatable bonds is 9. The number of nitrogens with zero attached hydrogens (tertiary/aromatic N) is 1. The lowest BCUT2D eigenvalue weighted by Gasteiger charge is -2.25. The van der Waals surface area contributed by atoms with Crippen molar-refractivity contribution in [2.75, 3.05) is 26.8 Å². The molecule has 1 aromatic heterocycles. The van der Waals surface area contributed by atoms with Crippen LogP contribution in [-0.4, -0.2) is 45.6 Å². The highest BCUT2D eigenvalue weighted by atomic mass is 32.2. The van der Waals surface area contributed by atoms with Crippen molar-refractivity contribution in [2.24, 2.45) is 0 Å². The van der Waals surface area contributed by atoms with Gasteiger partial charge < -0.3 is 10.1 Å². The molecule has 0 atom stereocenters. The zero-order valence-corrected chi connectivity index (χ0v) is 14.2. The molecule has 0 amide bonds. The maximum absolute atomic E-state index is 12.8. The lowest BCUT2D eigenvalue weighted by atomic mass is 10.4. The number of ether oxygens (including phenoxy) is 1. The molecule has 1 N–H and O–H groups in total. The van der Waals surface area contributed by atoms with E-state index in [2.05, 4.69) is 5.32 Å². The smallest absolute Gasteiger partial charge is 0.244 e. The average Bonchev–Trinajstić information content (AvgIpc) is 2.85. The molecular weight excluding hydrogens is 296 g/mol. The first-order valence-corrected chi connectivity index (χ1v) is 9.05. The molecule has 0 saturated heterocycles. The zero-order valence-electron chi connectivity index (χ0n) is 12.5. The summed E-state index contributed by atoms with van der Waals surface area (Å²) in [7, 11) is -1.89. The number of sulfonamides is 1. The fourth-order valence-corrected chi connectivity index (χ4v) is 4.90. The van der Waals surface area contributed by atoms with E-state index in [4.69, 9.17) is 4.74 Å². The van der Waals surface area contributed by atoms with Crippen LogP contribution in [0.2, 0.25) is 0 Å². The molecule has 7 heteroatoms. The topological polar surface area (TPSA) is 58.6 Å². The Balaban J connectivity index is 3.03. The minimum atomic E-state index is -3.47. The van der Waals surface area contributed by atoms with Crippen LogP contribution in [0.5, 0.6) is 0 Å². The summed E-state index contributed by atoms with van der Waals surface area (Å²) in [4.78, 5) is 1.27. The van der Waals surface area contributed by atoms with Gasteiger partial charge in [0.05, 0.1) is 11.5 Å². The van der Waals surface area contributed by atoms with Crippen molar-refractivity contribution in [3.63, 3.8) is 0 Å². The SMILES string of the molecule is CCNCc1sccc1S(=O)(=O)N(CCOC)C(C)C. The third-order valence-electron chi connectivity index (χ3n) is 2.92. The molecule has 0 aliphatic carbocycles. The van der Waals surface area contributed by atoms with Crippen molar-refractivity contribution in [1.82, 2.24) is 9.62 Å². The lowest BCUT2D eigenvalue weighted by molar-refractivity contribution is 0.171. The van der Waals surface area contributed by atoms with Gasteiger partial charge in [-0.2, -0.15) is 4.31 Å². The van der Waals surface area contributed by atoms with Gasteiger partial charge in [0.2, 0.25) is 10.0 Å². The predicted molar refractivity (Wildman–Crippen MR) is 82.6 cm³/mol. The van der Waals surface area contributed by atoms with E-state index >= 15 is 0 Å². The Hall–Kier alpha value is -0.470. The zero-order chi connectivity index (χ0) is 15.2. The van der Waals surface area contributed by atoms with Crippen molar-refractivity contribution >= 4 is 21.4 Å². The van der Waals surface area contributed by atoms with E-state index < -0.39 is 10.0 Å². The van der Waals surface area contributed by atoms with Crippen molar-refractivity contribution in [3.05, 3.63) is 16.3 Å². The molecule has 0 fully saturated rings. The van der Waals surface area contributed by atoms with Crippen LogP contribution in [0, 0.1) is 0 Å². The molecule has 0 saturated carbocycles. The fraction of sp³-hybridized carbons (Fsp3) is 0.692. The lowest BCUT2D eigenvalue weighted by Crippen LogP contribution is -2.39. The summed E-state index contributed by atoms with van der Waals surface area (Å²) in [6.07, 6.45) is 0. The number of hydrogen-bond acceptors (Lipinski definition) is 5. The molecule has 0 aliphatic rings. The Labute approximate surface area is 126 Å². The molecule has 0 aromatic carbocycles. The monoisotopic (exact) mass is 320 g/mol. The van der Waals surface area contributed by atoms with Gasteiger partial charge in [0, 0.05) is 31.1 Å². The van der Waals surface area contributed by atoms with Crippen LogP contribution in [-0.2, 0) is 21.3 Å². The predicted octanol–water partition coefficient (Wildman–Crippen LogP) is 1.90. The molecule has 1 heterocycles. The second-order valence-electron chi connectivity index (χ2n) is 4.69. The van der Waals surface area contributed by atoms with Crippen molar-refractivity contribution < 1.29 is 13.2 Å². The average molecular weight is 320 g/mol. The molecule has 116 valence electrons. The Morgan fingerprint density at radius 1 is 1.45 bits per heavy atom. The van der Waals surface area contributed by atoms with Gasteiger partial charge in [-0.25, -0.2) is 8.42 Å². The van der Waals surface area contributed by atoms with Gasteiger partial charge in [0.15, 0.2) is 0 Å². The van der Waals surface area contributed by atoms with Gasteiger partial charge in [0.1, 0.15) is 0 Å². The molecule has 1 rings (SSSR count). The van der Waals surface area contributed by atoms with Crippen LogP contribution in [0.4, 0.5) is 0 Å². The van der Waals surface area contributed by atoms with Crippen molar-refractivity contribution in [2.45, 2.75) is 38.3 Å². The van der Waals surface area contributed by atoms with E-state index in [0.717, 1.165) is 11.4 Å². The maximum Gasteiger partial charge on any atom is 0.244 e. The van der Waals surface area contributed by atoms with Crippen molar-refractivity contribution in [1.29, 1.82) is 0 Å². The summed E-state index contributed by atoms with van der Waals surface area (Å²) in [5.74, 6) is 0. The van der Waals surface area contributed by atoms with E-state index in [1.165, 1.54) is 15.6 Å². The van der Waals surface area contributed by atoms with Gasteiger partial charge in [0.25, 0.3) is 0 Å². The first kappa shape index (κ1) is 17.6. The standard InChI is InChI=1S/C13H24N2O3S2/c1-5-14-10-12-13(6-9-19-12)20(16,17)15(11(2)3)7-8-18-4/h6,9,11,14H,5,7-8,10H2,1-4H3. The number of hydrogen-bond donors (Lipinski definition) is 1. The molecule has 0 bridgehead atoms. The Morgan fingerprint density at radius 2 is 2.15 bits per heavy atom. The van der Waals surface area contributed by atoms with Gasteiger partial charge in [-0.3, -0.25) is 0 Å². The molecule has 5 nitrogen and oxygen atoms in total. The van der Waals surface area contributed by atoms with E-state index in [-0.39, 0.29) is 6.04 Å². The minimum absolute atomic E-state index is 0.0953. The summed E-state index contributed by atoms with van der Waals surface area (Å²) in [5, 5.41) is 5.01. The molecular formula is C13H24N2O3S2. The van der Waals surface area contributed by atoms with Crippen LogP contribution in [0.25, 0.3) is 0 Å². The van der Waals surface area contributed by atoms with Crippen molar-refractivity contribution in [3.8, 4) is 0 Å². The molecule has 0 aliphatic heterocycles. The first-order valence-electron chi connectivity index (χ1n) is 6.73. The van der Waals surface area contributed by atoms with E-state index in [1.54, 1.807) is 13.2 Å². The van der Waals surface area contributed by atoms with Gasteiger partial charge in [-0.05, 0) is 31.8 Å². The molecule has 1 aromatic rings. The van der Waals surface area contributed by atoms with Gasteiger partial charge in [-0.15, -0.1) is 11.3 Å². The third-order valence-corrected chi connectivity index (χ3v) is 6.13. The van der Waals surface area contributed by atoms with Crippen LogP contribution < -0.4 is 5.32 Å². The number of methoxy groups -OCH3 is 1. The summed E-state index contributed by atoms with van der Waals surface area (Å²) in [6.45, 7) is 7.92. The van der Waals surface area contributed by atoms with E-state index in [0.29, 0.717) is 24.6 Å². The molecule has 20 heavy (non-hydrogen) atoms. The van der Waals surface area contributed by atoms with E-state index in [9.17, 15) is 8.42 Å². The quantitative estimate of drug-likeness (QED) is 0.755. The van der Waals surface area contributed by atoms with Crippen LogP contribution in [0.3, 0.4) is 0 Å². The summed E-state index contributed by atoms with van der Waals surface area (Å²) in [6, 6.07) is 1.59. The first-order chi connectivity index (χ1) is 9.45. The summed E-state index contributed by atoms with van der Waals surface area (Å²) >= 11 is 1.47. The van der Waals surface area contributed by atoms with Gasteiger partial charge in [-0.1, -0.05) is 6.92 Å². The second-order valence-corrected chi connectivity index (χ2v) is 7.55. The Kier molecular flexibility index (Phi) is 7.11. The van der Waals surface area contributed by atoms with Gasteiger partial charge >= 0.3 is 0 Å². The fourth-order valence-electron chi connectivity index (χ4n) is 1.89. The largest absolute Gasteiger partial charge is 0.383 e. The normalized spacial score (nSPS) is 12.5. The highest BCUT2D eigenvalue weighted by Crippen LogP contribution is 2.26. The van der Waals surface area contributed by atoms with Crippen LogP contribution >= 0.6 is 11.3 Å². The maximum atomic E-state index is 12.8. The highest BCUT2D eigenvalue weighted by molar-refractivity contribution is 7.89. The summed E-state index contributed by atoms with van der Waals surface area (Å²) in [5.41, 5.74) is 0. The third kappa shape index (κ3) is 4.26.